The van der Waals surface area contributed by atoms with Crippen LogP contribution >= 0.6 is 0 Å². The molecule has 1 aromatic heterocycles. The van der Waals surface area contributed by atoms with Crippen molar-refractivity contribution in [2.75, 3.05) is 42.8 Å². The van der Waals surface area contributed by atoms with Crippen molar-refractivity contribution < 1.29 is 18.0 Å². The highest BCUT2D eigenvalue weighted by atomic mass is 32.2. The number of rotatable bonds is 7. The third-order valence-electron chi connectivity index (χ3n) is 6.98. The number of carbonyl (C=O) groups excluding carboxylic acids is 2. The fourth-order valence-electron chi connectivity index (χ4n) is 4.54. The van der Waals surface area contributed by atoms with Gasteiger partial charge in [-0.05, 0) is 54.6 Å². The Bertz CT molecular complexity index is 1640. The molecule has 0 radical (unpaired) electrons. The second-order valence-electron chi connectivity index (χ2n) is 9.60. The minimum Gasteiger partial charge on any atom is -0.339 e. The summed E-state index contributed by atoms with van der Waals surface area (Å²) in [7, 11) is -2.19. The summed E-state index contributed by atoms with van der Waals surface area (Å²) in [5.74, 6) is 0.316. The second kappa shape index (κ2) is 11.8. The van der Waals surface area contributed by atoms with Crippen LogP contribution < -0.4 is 9.62 Å². The number of sulfonamides is 1. The summed E-state index contributed by atoms with van der Waals surface area (Å²) < 4.78 is 27.4. The van der Waals surface area contributed by atoms with Gasteiger partial charge in [0.25, 0.3) is 15.9 Å². The van der Waals surface area contributed by atoms with Crippen LogP contribution in [0.1, 0.15) is 17.3 Å². The number of aromatic nitrogens is 2. The molecule has 1 aliphatic rings. The summed E-state index contributed by atoms with van der Waals surface area (Å²) in [6, 6.07) is 24.3. The number of nitrogens with one attached hydrogen (secondary N) is 1. The maximum absolute atomic E-state index is 13.1. The summed E-state index contributed by atoms with van der Waals surface area (Å²) in [5, 5.41) is 3.15. The molecule has 41 heavy (non-hydrogen) atoms. The van der Waals surface area contributed by atoms with Crippen LogP contribution in [0.3, 0.4) is 0 Å². The van der Waals surface area contributed by atoms with Crippen molar-refractivity contribution in [3.8, 4) is 11.3 Å². The van der Waals surface area contributed by atoms with Crippen molar-refractivity contribution in [3.63, 3.8) is 0 Å². The van der Waals surface area contributed by atoms with E-state index in [9.17, 15) is 18.0 Å². The molecule has 5 rings (SSSR count). The van der Waals surface area contributed by atoms with E-state index >= 15 is 0 Å². The molecule has 10 nitrogen and oxygen atoms in total. The van der Waals surface area contributed by atoms with Crippen molar-refractivity contribution in [1.82, 2.24) is 19.8 Å². The molecule has 1 fully saturated rings. The Kier molecular flexibility index (Phi) is 7.97. The zero-order valence-electron chi connectivity index (χ0n) is 22.8. The number of nitrogens with zero attached hydrogens (tertiary/aromatic N) is 5. The smallest absolute Gasteiger partial charge is 0.264 e. The van der Waals surface area contributed by atoms with Crippen LogP contribution in [-0.4, -0.2) is 73.2 Å². The normalized spacial score (nSPS) is 13.5. The lowest BCUT2D eigenvalue weighted by Gasteiger charge is -2.34. The maximum atomic E-state index is 13.1. The van der Waals surface area contributed by atoms with Gasteiger partial charge in [-0.25, -0.2) is 18.4 Å². The molecule has 3 aromatic carbocycles. The lowest BCUT2D eigenvalue weighted by molar-refractivity contribution is -0.130. The topological polar surface area (TPSA) is 116 Å². The van der Waals surface area contributed by atoms with Crippen molar-refractivity contribution in [2.45, 2.75) is 11.8 Å². The first-order valence-corrected chi connectivity index (χ1v) is 14.6. The SMILES string of the molecule is CC(=O)N1CCN(C(=O)c2ccc(Nc3nccc(-c4ccc(S(=O)(=O)N(C)c5ccccc5)cc4)n3)cc2)CC1. The first-order valence-electron chi connectivity index (χ1n) is 13.1. The van der Waals surface area contributed by atoms with Gasteiger partial charge in [0, 0.05) is 63.2 Å². The van der Waals surface area contributed by atoms with E-state index < -0.39 is 10.0 Å². The quantitative estimate of drug-likeness (QED) is 0.357. The van der Waals surface area contributed by atoms with Gasteiger partial charge in [0.05, 0.1) is 16.3 Å². The molecule has 1 N–H and O–H groups in total. The molecular weight excluding hydrogens is 540 g/mol. The van der Waals surface area contributed by atoms with Crippen LogP contribution in [0.4, 0.5) is 17.3 Å². The third-order valence-corrected chi connectivity index (χ3v) is 8.78. The summed E-state index contributed by atoms with van der Waals surface area (Å²) >= 11 is 0. The van der Waals surface area contributed by atoms with E-state index in [4.69, 9.17) is 0 Å². The second-order valence-corrected chi connectivity index (χ2v) is 11.6. The first kappa shape index (κ1) is 27.8. The van der Waals surface area contributed by atoms with Gasteiger partial charge in [-0.15, -0.1) is 0 Å². The van der Waals surface area contributed by atoms with E-state index in [1.165, 1.54) is 18.3 Å². The number of piperazine rings is 1. The molecule has 1 aliphatic heterocycles. The van der Waals surface area contributed by atoms with Crippen molar-refractivity contribution in [1.29, 1.82) is 0 Å². The Morgan fingerprint density at radius 3 is 2.10 bits per heavy atom. The predicted octanol–water partition coefficient (Wildman–Crippen LogP) is 4.02. The van der Waals surface area contributed by atoms with E-state index in [0.717, 1.165) is 5.56 Å². The van der Waals surface area contributed by atoms with Gasteiger partial charge in [-0.2, -0.15) is 0 Å². The number of para-hydroxylation sites is 1. The molecule has 0 aliphatic carbocycles. The molecule has 0 saturated carbocycles. The number of hydrogen-bond donors (Lipinski definition) is 1. The van der Waals surface area contributed by atoms with Gasteiger partial charge in [-0.1, -0.05) is 30.3 Å². The van der Waals surface area contributed by atoms with Gasteiger partial charge < -0.3 is 15.1 Å². The molecule has 1 saturated heterocycles. The van der Waals surface area contributed by atoms with Crippen molar-refractivity contribution in [2.24, 2.45) is 0 Å². The highest BCUT2D eigenvalue weighted by Crippen LogP contribution is 2.25. The molecule has 4 aromatic rings. The number of benzene rings is 3. The van der Waals surface area contributed by atoms with Crippen molar-refractivity contribution >= 4 is 39.2 Å². The Morgan fingerprint density at radius 1 is 0.829 bits per heavy atom. The van der Waals surface area contributed by atoms with Crippen LogP contribution in [0.5, 0.6) is 0 Å². The van der Waals surface area contributed by atoms with E-state index in [0.29, 0.717) is 54.8 Å². The van der Waals surface area contributed by atoms with Gasteiger partial charge in [0.15, 0.2) is 0 Å². The maximum Gasteiger partial charge on any atom is 0.264 e. The number of amides is 2. The molecule has 2 heterocycles. The largest absolute Gasteiger partial charge is 0.339 e. The minimum atomic E-state index is -3.72. The van der Waals surface area contributed by atoms with E-state index in [1.54, 1.807) is 94.9 Å². The van der Waals surface area contributed by atoms with E-state index in [2.05, 4.69) is 15.3 Å². The Balaban J connectivity index is 1.24. The number of anilines is 3. The highest BCUT2D eigenvalue weighted by Gasteiger charge is 2.23. The Labute approximate surface area is 239 Å². The predicted molar refractivity (Wildman–Crippen MR) is 157 cm³/mol. The molecular formula is C30H30N6O4S. The molecule has 0 bridgehead atoms. The molecule has 0 unspecified atom stereocenters. The van der Waals surface area contributed by atoms with Crippen LogP contribution in [0.25, 0.3) is 11.3 Å². The fourth-order valence-corrected chi connectivity index (χ4v) is 5.74. The molecule has 11 heteroatoms. The van der Waals surface area contributed by atoms with E-state index in [1.807, 2.05) is 6.07 Å². The standard InChI is InChI=1S/C30H30N6O4S/c1-22(37)35-18-20-36(21-19-35)29(38)24-8-12-25(13-9-24)32-30-31-17-16-28(33-30)23-10-14-27(15-11-23)41(39,40)34(2)26-6-4-3-5-7-26/h3-17H,18-21H2,1-2H3,(H,31,32,33). The summed E-state index contributed by atoms with van der Waals surface area (Å²) in [6.07, 6.45) is 1.62. The lowest BCUT2D eigenvalue weighted by atomic mass is 10.1. The average Bonchev–Trinajstić information content (AvgIpc) is 3.01. The van der Waals surface area contributed by atoms with Gasteiger partial charge in [-0.3, -0.25) is 13.9 Å². The fraction of sp³-hybridized carbons (Fsp3) is 0.200. The average molecular weight is 571 g/mol. The zero-order valence-corrected chi connectivity index (χ0v) is 23.6. The van der Waals surface area contributed by atoms with Crippen LogP contribution in [0, 0.1) is 0 Å². The third kappa shape index (κ3) is 6.20. The Morgan fingerprint density at radius 2 is 1.46 bits per heavy atom. The monoisotopic (exact) mass is 570 g/mol. The molecule has 210 valence electrons. The number of carbonyl (C=O) groups is 2. The van der Waals surface area contributed by atoms with Gasteiger partial charge in [0.1, 0.15) is 0 Å². The minimum absolute atomic E-state index is 0.0236. The highest BCUT2D eigenvalue weighted by molar-refractivity contribution is 7.92. The lowest BCUT2D eigenvalue weighted by Crippen LogP contribution is -2.50. The van der Waals surface area contributed by atoms with Crippen molar-refractivity contribution in [3.05, 3.63) is 96.7 Å². The number of hydrogen-bond acceptors (Lipinski definition) is 7. The first-order chi connectivity index (χ1) is 19.7. The Hall–Kier alpha value is -4.77. The van der Waals surface area contributed by atoms with Gasteiger partial charge in [0.2, 0.25) is 11.9 Å². The van der Waals surface area contributed by atoms with Crippen LogP contribution in [-0.2, 0) is 14.8 Å². The molecule has 0 spiro atoms. The zero-order chi connectivity index (χ0) is 29.0. The van der Waals surface area contributed by atoms with Crippen LogP contribution in [0.15, 0.2) is 96.0 Å². The van der Waals surface area contributed by atoms with Crippen LogP contribution in [0.2, 0.25) is 0 Å². The summed E-state index contributed by atoms with van der Waals surface area (Å²) in [4.78, 5) is 37.0. The molecule has 2 amide bonds. The van der Waals surface area contributed by atoms with E-state index in [-0.39, 0.29) is 16.7 Å². The van der Waals surface area contributed by atoms with Gasteiger partial charge >= 0.3 is 0 Å². The summed E-state index contributed by atoms with van der Waals surface area (Å²) in [6.45, 7) is 3.64. The molecule has 0 atom stereocenters. The summed E-state index contributed by atoms with van der Waals surface area (Å²) in [5.41, 5.74) is 3.22.